The first-order chi connectivity index (χ1) is 13.1. The minimum absolute atomic E-state index is 0.237. The number of hydrogen-bond donors (Lipinski definition) is 1. The molecule has 1 fully saturated rings. The Morgan fingerprint density at radius 1 is 1.41 bits per heavy atom. The Kier molecular flexibility index (Phi) is 4.53. The molecule has 10 heteroatoms. The Bertz CT molecular complexity index is 946. The number of carbonyl (C=O) groups is 1. The van der Waals surface area contributed by atoms with E-state index in [1.807, 2.05) is 31.2 Å². The quantitative estimate of drug-likeness (QED) is 0.709. The molecule has 1 aromatic carbocycles. The highest BCUT2D eigenvalue weighted by Crippen LogP contribution is 2.38. The summed E-state index contributed by atoms with van der Waals surface area (Å²) < 4.78 is 5.26. The third-order valence-electron chi connectivity index (χ3n) is 4.29. The van der Waals surface area contributed by atoms with Crippen LogP contribution in [0, 0.1) is 0 Å². The largest absolute Gasteiger partial charge is 0.339 e. The molecule has 1 aliphatic carbocycles. The van der Waals surface area contributed by atoms with Crippen LogP contribution in [-0.2, 0) is 13.6 Å². The van der Waals surface area contributed by atoms with Gasteiger partial charge in [-0.2, -0.15) is 9.78 Å². The number of nitrogens with one attached hydrogen (secondary N) is 1. The van der Waals surface area contributed by atoms with Gasteiger partial charge < -0.3 is 14.7 Å². The number of carbonyl (C=O) groups excluding carboxylic acids is 1. The maximum absolute atomic E-state index is 12.6. The summed E-state index contributed by atoms with van der Waals surface area (Å²) in [7, 11) is 1.70. The van der Waals surface area contributed by atoms with Gasteiger partial charge in [-0.1, -0.05) is 17.3 Å². The maximum atomic E-state index is 12.6. The number of amides is 2. The highest BCUT2D eigenvalue weighted by Gasteiger charge is 2.30. The summed E-state index contributed by atoms with van der Waals surface area (Å²) in [4.78, 5) is 20.0. The average molecular weight is 368 g/mol. The molecule has 1 N–H and O–H groups in total. The van der Waals surface area contributed by atoms with Crippen molar-refractivity contribution in [3.05, 3.63) is 36.0 Å². The highest BCUT2D eigenvalue weighted by molar-refractivity contribution is 5.89. The summed E-state index contributed by atoms with van der Waals surface area (Å²) in [6.07, 6.45) is 2.19. The van der Waals surface area contributed by atoms with E-state index in [0.717, 1.165) is 18.4 Å². The third kappa shape index (κ3) is 3.94. The van der Waals surface area contributed by atoms with E-state index in [-0.39, 0.29) is 6.03 Å². The fourth-order valence-electron chi connectivity index (χ4n) is 2.66. The summed E-state index contributed by atoms with van der Waals surface area (Å²) in [5.41, 5.74) is 1.42. The molecule has 4 rings (SSSR count). The lowest BCUT2D eigenvalue weighted by Gasteiger charge is -2.19. The van der Waals surface area contributed by atoms with Crippen LogP contribution in [-0.4, -0.2) is 47.8 Å². The van der Waals surface area contributed by atoms with Gasteiger partial charge in [-0.05, 0) is 37.1 Å². The molecule has 10 nitrogen and oxygen atoms in total. The Hall–Kier alpha value is -3.30. The summed E-state index contributed by atoms with van der Waals surface area (Å²) in [6, 6.07) is 7.08. The number of hydrogen-bond acceptors (Lipinski definition) is 7. The topological polar surface area (TPSA) is 115 Å². The van der Waals surface area contributed by atoms with Crippen LogP contribution in [0.4, 0.5) is 10.5 Å². The molecule has 0 bridgehead atoms. The van der Waals surface area contributed by atoms with Gasteiger partial charge in [0.15, 0.2) is 5.82 Å². The molecule has 2 amide bonds. The molecule has 0 saturated heterocycles. The number of aryl methyl sites for hydroxylation is 1. The second kappa shape index (κ2) is 7.14. The second-order valence-electron chi connectivity index (χ2n) is 6.45. The van der Waals surface area contributed by atoms with Crippen LogP contribution in [0.25, 0.3) is 11.4 Å². The van der Waals surface area contributed by atoms with Crippen molar-refractivity contribution >= 4 is 11.7 Å². The van der Waals surface area contributed by atoms with E-state index in [4.69, 9.17) is 4.52 Å². The van der Waals surface area contributed by atoms with E-state index in [1.165, 1.54) is 4.80 Å². The molecule has 0 atom stereocenters. The third-order valence-corrected chi connectivity index (χ3v) is 4.29. The van der Waals surface area contributed by atoms with Crippen molar-refractivity contribution in [1.82, 2.24) is 35.2 Å². The number of urea groups is 1. The number of tetrazole rings is 1. The molecule has 27 heavy (non-hydrogen) atoms. The van der Waals surface area contributed by atoms with Crippen LogP contribution < -0.4 is 5.32 Å². The van der Waals surface area contributed by atoms with Crippen molar-refractivity contribution < 1.29 is 9.32 Å². The molecule has 2 heterocycles. The van der Waals surface area contributed by atoms with Crippen LogP contribution in [0.3, 0.4) is 0 Å². The fourth-order valence-corrected chi connectivity index (χ4v) is 2.66. The molecule has 1 saturated carbocycles. The van der Waals surface area contributed by atoms with Gasteiger partial charge in [0, 0.05) is 23.7 Å². The first-order valence-electron chi connectivity index (χ1n) is 8.85. The lowest BCUT2D eigenvalue weighted by molar-refractivity contribution is 0.210. The number of nitrogens with zero attached hydrogens (tertiary/aromatic N) is 7. The Morgan fingerprint density at radius 2 is 2.26 bits per heavy atom. The second-order valence-corrected chi connectivity index (χ2v) is 6.45. The zero-order valence-corrected chi connectivity index (χ0v) is 15.2. The lowest BCUT2D eigenvalue weighted by Crippen LogP contribution is -2.34. The number of aromatic nitrogens is 6. The maximum Gasteiger partial charge on any atom is 0.322 e. The fraction of sp³-hybridized carbons (Fsp3) is 0.412. The number of anilines is 1. The SMILES string of the molecule is CCN(Cc1noc(C2CC2)n1)C(=O)Nc1cccc(-c2nnn(C)n2)c1. The molecule has 3 aromatic rings. The van der Waals surface area contributed by atoms with E-state index >= 15 is 0 Å². The Balaban J connectivity index is 1.43. The summed E-state index contributed by atoms with van der Waals surface area (Å²) >= 11 is 0. The van der Waals surface area contributed by atoms with Gasteiger partial charge in [0.05, 0.1) is 13.6 Å². The van der Waals surface area contributed by atoms with E-state index in [9.17, 15) is 4.79 Å². The molecular formula is C17H20N8O2. The molecule has 2 aromatic heterocycles. The monoisotopic (exact) mass is 368 g/mol. The number of benzene rings is 1. The number of rotatable bonds is 6. The van der Waals surface area contributed by atoms with E-state index in [1.54, 1.807) is 11.9 Å². The molecule has 0 spiro atoms. The predicted octanol–water partition coefficient (Wildman–Crippen LogP) is 2.19. The molecule has 0 unspecified atom stereocenters. The summed E-state index contributed by atoms with van der Waals surface area (Å²) in [5, 5.41) is 18.9. The normalized spacial score (nSPS) is 13.6. The van der Waals surface area contributed by atoms with Crippen LogP contribution in [0.5, 0.6) is 0 Å². The Morgan fingerprint density at radius 3 is 2.96 bits per heavy atom. The molecule has 0 radical (unpaired) electrons. The van der Waals surface area contributed by atoms with Gasteiger partial charge in [0.1, 0.15) is 0 Å². The van der Waals surface area contributed by atoms with Crippen LogP contribution >= 0.6 is 0 Å². The standard InChI is InChI=1S/C17H20N8O2/c1-3-25(10-14-19-16(27-22-14)11-7-8-11)17(26)18-13-6-4-5-12(9-13)15-20-23-24(2)21-15/h4-6,9,11H,3,7-8,10H2,1-2H3,(H,18,26). The van der Waals surface area contributed by atoms with Crippen LogP contribution in [0.15, 0.2) is 28.8 Å². The molecule has 140 valence electrons. The zero-order chi connectivity index (χ0) is 18.8. The van der Waals surface area contributed by atoms with Gasteiger partial charge in [0.25, 0.3) is 0 Å². The lowest BCUT2D eigenvalue weighted by atomic mass is 10.2. The van der Waals surface area contributed by atoms with Gasteiger partial charge in [-0.15, -0.1) is 10.2 Å². The van der Waals surface area contributed by atoms with Crippen molar-refractivity contribution in [2.75, 3.05) is 11.9 Å². The van der Waals surface area contributed by atoms with Crippen molar-refractivity contribution in [2.45, 2.75) is 32.2 Å². The van der Waals surface area contributed by atoms with Crippen molar-refractivity contribution in [3.8, 4) is 11.4 Å². The zero-order valence-electron chi connectivity index (χ0n) is 15.2. The summed E-state index contributed by atoms with van der Waals surface area (Å²) in [5.74, 6) is 2.09. The average Bonchev–Trinajstić information content (AvgIpc) is 3.25. The summed E-state index contributed by atoms with van der Waals surface area (Å²) in [6.45, 7) is 2.72. The van der Waals surface area contributed by atoms with Crippen molar-refractivity contribution in [1.29, 1.82) is 0 Å². The molecule has 0 aliphatic heterocycles. The van der Waals surface area contributed by atoms with E-state index in [2.05, 4.69) is 30.9 Å². The van der Waals surface area contributed by atoms with E-state index < -0.39 is 0 Å². The molecular weight excluding hydrogens is 348 g/mol. The first kappa shape index (κ1) is 17.1. The van der Waals surface area contributed by atoms with Gasteiger partial charge in [-0.3, -0.25) is 0 Å². The van der Waals surface area contributed by atoms with E-state index in [0.29, 0.717) is 42.2 Å². The molecule has 1 aliphatic rings. The first-order valence-corrected chi connectivity index (χ1v) is 8.85. The van der Waals surface area contributed by atoms with Crippen LogP contribution in [0.1, 0.15) is 37.4 Å². The van der Waals surface area contributed by atoms with Gasteiger partial charge >= 0.3 is 6.03 Å². The van der Waals surface area contributed by atoms with Crippen molar-refractivity contribution in [3.63, 3.8) is 0 Å². The minimum atomic E-state index is -0.237. The highest BCUT2D eigenvalue weighted by atomic mass is 16.5. The van der Waals surface area contributed by atoms with Gasteiger partial charge in [0.2, 0.25) is 11.7 Å². The minimum Gasteiger partial charge on any atom is -0.339 e. The van der Waals surface area contributed by atoms with Crippen molar-refractivity contribution in [2.24, 2.45) is 7.05 Å². The van der Waals surface area contributed by atoms with Gasteiger partial charge in [-0.25, -0.2) is 4.79 Å². The predicted molar refractivity (Wildman–Crippen MR) is 95.6 cm³/mol. The van der Waals surface area contributed by atoms with Crippen LogP contribution in [0.2, 0.25) is 0 Å². The smallest absolute Gasteiger partial charge is 0.322 e. The Labute approximate surface area is 155 Å².